The summed E-state index contributed by atoms with van der Waals surface area (Å²) in [6.45, 7) is -0.756. The number of benzene rings is 2. The predicted octanol–water partition coefficient (Wildman–Crippen LogP) is 2.99. The number of aromatic hydroxyl groups is 1. The van der Waals surface area contributed by atoms with E-state index in [1.54, 1.807) is 12.1 Å². The minimum absolute atomic E-state index is 0.114. The van der Waals surface area contributed by atoms with Crippen molar-refractivity contribution in [3.8, 4) is 11.8 Å². The fourth-order valence-electron chi connectivity index (χ4n) is 1.75. The SMILES string of the molecule is N#Cc1ccc(O)c(NC(=O)c2ccccc2CF)c1. The van der Waals surface area contributed by atoms with Gasteiger partial charge in [0.1, 0.15) is 12.4 Å². The molecule has 0 aromatic heterocycles. The smallest absolute Gasteiger partial charge is 0.256 e. The molecule has 0 atom stereocenters. The number of anilines is 1. The van der Waals surface area contributed by atoms with Crippen LogP contribution in [0.4, 0.5) is 10.1 Å². The van der Waals surface area contributed by atoms with E-state index >= 15 is 0 Å². The van der Waals surface area contributed by atoms with Crippen molar-refractivity contribution in [3.63, 3.8) is 0 Å². The Morgan fingerprint density at radius 3 is 2.75 bits per heavy atom. The first-order valence-corrected chi connectivity index (χ1v) is 5.84. The maximum atomic E-state index is 12.8. The van der Waals surface area contributed by atoms with Gasteiger partial charge in [-0.15, -0.1) is 0 Å². The first-order valence-electron chi connectivity index (χ1n) is 5.84. The minimum atomic E-state index is -0.756. The molecule has 0 unspecified atom stereocenters. The Kier molecular flexibility index (Phi) is 3.96. The number of phenols is 1. The van der Waals surface area contributed by atoms with Crippen LogP contribution >= 0.6 is 0 Å². The number of nitriles is 1. The molecule has 4 nitrogen and oxygen atoms in total. The van der Waals surface area contributed by atoms with E-state index < -0.39 is 12.6 Å². The summed E-state index contributed by atoms with van der Waals surface area (Å²) in [4.78, 5) is 12.1. The number of nitrogens with zero attached hydrogens (tertiary/aromatic N) is 1. The molecular formula is C15H11FN2O2. The summed E-state index contributed by atoms with van der Waals surface area (Å²) in [7, 11) is 0. The van der Waals surface area contributed by atoms with Gasteiger partial charge in [0.2, 0.25) is 0 Å². The lowest BCUT2D eigenvalue weighted by Gasteiger charge is -2.09. The summed E-state index contributed by atoms with van der Waals surface area (Å²) in [6.07, 6.45) is 0. The maximum Gasteiger partial charge on any atom is 0.256 e. The topological polar surface area (TPSA) is 73.1 Å². The Labute approximate surface area is 115 Å². The number of halogens is 1. The summed E-state index contributed by atoms with van der Waals surface area (Å²) in [5.41, 5.74) is 0.872. The van der Waals surface area contributed by atoms with Gasteiger partial charge >= 0.3 is 0 Å². The Bertz CT molecular complexity index is 693. The first kappa shape index (κ1) is 13.6. The molecule has 0 bridgehead atoms. The Morgan fingerprint density at radius 1 is 1.30 bits per heavy atom. The molecule has 0 saturated carbocycles. The maximum absolute atomic E-state index is 12.8. The van der Waals surface area contributed by atoms with Gasteiger partial charge in [-0.2, -0.15) is 5.26 Å². The van der Waals surface area contributed by atoms with Gasteiger partial charge < -0.3 is 10.4 Å². The third-order valence-electron chi connectivity index (χ3n) is 2.78. The lowest BCUT2D eigenvalue weighted by molar-refractivity contribution is 0.102. The van der Waals surface area contributed by atoms with Crippen molar-refractivity contribution >= 4 is 11.6 Å². The molecule has 0 aliphatic heterocycles. The largest absolute Gasteiger partial charge is 0.506 e. The van der Waals surface area contributed by atoms with Gasteiger partial charge in [0.15, 0.2) is 0 Å². The van der Waals surface area contributed by atoms with Gasteiger partial charge in [-0.1, -0.05) is 18.2 Å². The van der Waals surface area contributed by atoms with Crippen LogP contribution in [0.25, 0.3) is 0 Å². The molecule has 100 valence electrons. The summed E-state index contributed by atoms with van der Waals surface area (Å²) >= 11 is 0. The molecular weight excluding hydrogens is 259 g/mol. The highest BCUT2D eigenvalue weighted by molar-refractivity contribution is 6.06. The molecule has 0 spiro atoms. The van der Waals surface area contributed by atoms with Crippen LogP contribution in [0.5, 0.6) is 5.75 Å². The second-order valence-electron chi connectivity index (χ2n) is 4.09. The number of phenolic OH excluding ortho intramolecular Hbond substituents is 1. The van der Waals surface area contributed by atoms with Crippen LogP contribution in [-0.4, -0.2) is 11.0 Å². The monoisotopic (exact) mass is 270 g/mol. The highest BCUT2D eigenvalue weighted by Gasteiger charge is 2.13. The Balaban J connectivity index is 2.30. The van der Waals surface area contributed by atoms with Crippen molar-refractivity contribution in [3.05, 3.63) is 59.2 Å². The normalized spacial score (nSPS) is 9.80. The molecule has 20 heavy (non-hydrogen) atoms. The summed E-state index contributed by atoms with van der Waals surface area (Å²) in [5.74, 6) is -0.696. The van der Waals surface area contributed by atoms with Crippen LogP contribution in [0.1, 0.15) is 21.5 Å². The summed E-state index contributed by atoms with van der Waals surface area (Å²) in [5, 5.41) is 20.9. The van der Waals surface area contributed by atoms with Crippen LogP contribution in [-0.2, 0) is 6.67 Å². The average Bonchev–Trinajstić information content (AvgIpc) is 2.49. The fourth-order valence-corrected chi connectivity index (χ4v) is 1.75. The van der Waals surface area contributed by atoms with E-state index in [1.165, 1.54) is 30.3 Å². The van der Waals surface area contributed by atoms with E-state index in [0.717, 1.165) is 0 Å². The summed E-state index contributed by atoms with van der Waals surface area (Å²) < 4.78 is 12.8. The molecule has 2 aromatic rings. The minimum Gasteiger partial charge on any atom is -0.506 e. The van der Waals surface area contributed by atoms with Crippen molar-refractivity contribution in [2.75, 3.05) is 5.32 Å². The standard InChI is InChI=1S/C15H11FN2O2/c16-8-11-3-1-2-4-12(11)15(20)18-13-7-10(9-17)5-6-14(13)19/h1-7,19H,8H2,(H,18,20). The molecule has 0 aliphatic rings. The zero-order valence-electron chi connectivity index (χ0n) is 10.4. The van der Waals surface area contributed by atoms with Gasteiger partial charge in [0.05, 0.1) is 17.3 Å². The number of carbonyl (C=O) groups excluding carboxylic acids is 1. The lowest BCUT2D eigenvalue weighted by Crippen LogP contribution is -2.14. The quantitative estimate of drug-likeness (QED) is 0.842. The average molecular weight is 270 g/mol. The third-order valence-corrected chi connectivity index (χ3v) is 2.78. The lowest BCUT2D eigenvalue weighted by atomic mass is 10.1. The zero-order valence-corrected chi connectivity index (χ0v) is 10.4. The molecule has 2 aromatic carbocycles. The van der Waals surface area contributed by atoms with Crippen molar-refractivity contribution in [2.24, 2.45) is 0 Å². The molecule has 0 heterocycles. The van der Waals surface area contributed by atoms with Crippen LogP contribution in [0.15, 0.2) is 42.5 Å². The number of hydrogen-bond acceptors (Lipinski definition) is 3. The van der Waals surface area contributed by atoms with Crippen molar-refractivity contribution in [2.45, 2.75) is 6.67 Å². The second kappa shape index (κ2) is 5.85. The van der Waals surface area contributed by atoms with Gasteiger partial charge in [-0.05, 0) is 29.8 Å². The molecule has 1 amide bonds. The van der Waals surface area contributed by atoms with Crippen molar-refractivity contribution < 1.29 is 14.3 Å². The molecule has 0 fully saturated rings. The number of hydrogen-bond donors (Lipinski definition) is 2. The number of carbonyl (C=O) groups is 1. The van der Waals surface area contributed by atoms with Gasteiger partial charge in [0.25, 0.3) is 5.91 Å². The van der Waals surface area contributed by atoms with Gasteiger partial charge in [-0.3, -0.25) is 4.79 Å². The molecule has 0 saturated heterocycles. The Hall–Kier alpha value is -2.87. The van der Waals surface area contributed by atoms with E-state index in [4.69, 9.17) is 5.26 Å². The number of nitrogens with one attached hydrogen (secondary N) is 1. The van der Waals surface area contributed by atoms with E-state index in [-0.39, 0.29) is 22.6 Å². The number of amides is 1. The van der Waals surface area contributed by atoms with Crippen molar-refractivity contribution in [1.29, 1.82) is 5.26 Å². The van der Waals surface area contributed by atoms with E-state index in [1.807, 2.05) is 6.07 Å². The third kappa shape index (κ3) is 2.75. The van der Waals surface area contributed by atoms with Crippen LogP contribution < -0.4 is 5.32 Å². The highest BCUT2D eigenvalue weighted by atomic mass is 19.1. The number of alkyl halides is 1. The second-order valence-corrected chi connectivity index (χ2v) is 4.09. The van der Waals surface area contributed by atoms with Crippen LogP contribution in [0, 0.1) is 11.3 Å². The van der Waals surface area contributed by atoms with Gasteiger partial charge in [-0.25, -0.2) is 4.39 Å². The zero-order chi connectivity index (χ0) is 14.5. The fraction of sp³-hybridized carbons (Fsp3) is 0.0667. The van der Waals surface area contributed by atoms with Crippen LogP contribution in [0.3, 0.4) is 0 Å². The summed E-state index contributed by atoms with van der Waals surface area (Å²) in [6, 6.07) is 12.3. The highest BCUT2D eigenvalue weighted by Crippen LogP contribution is 2.25. The van der Waals surface area contributed by atoms with Crippen molar-refractivity contribution in [1.82, 2.24) is 0 Å². The Morgan fingerprint density at radius 2 is 2.05 bits per heavy atom. The number of rotatable bonds is 3. The first-order chi connectivity index (χ1) is 9.65. The van der Waals surface area contributed by atoms with Gasteiger partial charge in [0, 0.05) is 5.56 Å². The van der Waals surface area contributed by atoms with E-state index in [2.05, 4.69) is 5.32 Å². The molecule has 2 N–H and O–H groups in total. The molecule has 5 heteroatoms. The van der Waals surface area contributed by atoms with E-state index in [9.17, 15) is 14.3 Å². The molecule has 2 rings (SSSR count). The molecule has 0 radical (unpaired) electrons. The molecule has 0 aliphatic carbocycles. The predicted molar refractivity (Wildman–Crippen MR) is 72.0 cm³/mol. The van der Waals surface area contributed by atoms with E-state index in [0.29, 0.717) is 5.56 Å². The van der Waals surface area contributed by atoms with Crippen LogP contribution in [0.2, 0.25) is 0 Å².